The van der Waals surface area contributed by atoms with Gasteiger partial charge >= 0.3 is 6.18 Å². The van der Waals surface area contributed by atoms with Gasteiger partial charge in [-0.1, -0.05) is 0 Å². The molecule has 0 aliphatic heterocycles. The average molecular weight is 257 g/mol. The van der Waals surface area contributed by atoms with E-state index in [4.69, 9.17) is 0 Å². The van der Waals surface area contributed by atoms with E-state index in [2.05, 4.69) is 4.98 Å². The van der Waals surface area contributed by atoms with Gasteiger partial charge in [0, 0.05) is 22.8 Å². The highest BCUT2D eigenvalue weighted by Gasteiger charge is 2.31. The van der Waals surface area contributed by atoms with E-state index in [1.807, 2.05) is 0 Å². The van der Waals surface area contributed by atoms with Crippen LogP contribution in [0.15, 0.2) is 30.6 Å². The molecule has 0 amide bonds. The summed E-state index contributed by atoms with van der Waals surface area (Å²) in [7, 11) is 0. The van der Waals surface area contributed by atoms with Crippen LogP contribution in [0.25, 0.3) is 10.4 Å². The van der Waals surface area contributed by atoms with E-state index in [0.29, 0.717) is 21.6 Å². The normalized spacial score (nSPS) is 11.5. The van der Waals surface area contributed by atoms with Gasteiger partial charge in [0.05, 0.1) is 10.4 Å². The second-order valence-corrected chi connectivity index (χ2v) is 4.40. The number of thiophene rings is 1. The smallest absolute Gasteiger partial charge is 0.297 e. The Bertz CT molecular complexity index is 548. The Morgan fingerprint density at radius 3 is 2.59 bits per heavy atom. The quantitative estimate of drug-likeness (QED) is 0.769. The van der Waals surface area contributed by atoms with Crippen molar-refractivity contribution in [2.45, 2.75) is 6.18 Å². The predicted molar refractivity (Wildman–Crippen MR) is 57.9 cm³/mol. The molecule has 0 fully saturated rings. The molecule has 0 aliphatic carbocycles. The van der Waals surface area contributed by atoms with Gasteiger partial charge in [0.25, 0.3) is 0 Å². The summed E-state index contributed by atoms with van der Waals surface area (Å²) in [5.41, 5.74) is -0.436. The van der Waals surface area contributed by atoms with E-state index in [-0.39, 0.29) is 0 Å². The standard InChI is InChI=1S/C11H6F3NOS/c12-11(13,14)8-3-7(4-15-5-8)10-2-1-9(6-16)17-10/h1-6H. The average Bonchev–Trinajstić information content (AvgIpc) is 2.76. The number of nitrogens with zero attached hydrogens (tertiary/aromatic N) is 1. The minimum atomic E-state index is -4.41. The minimum absolute atomic E-state index is 0.359. The van der Waals surface area contributed by atoms with Crippen LogP contribution in [0.2, 0.25) is 0 Å². The van der Waals surface area contributed by atoms with Crippen LogP contribution in [-0.4, -0.2) is 11.3 Å². The highest BCUT2D eigenvalue weighted by molar-refractivity contribution is 7.17. The Kier molecular flexibility index (Phi) is 2.97. The highest BCUT2D eigenvalue weighted by Crippen LogP contribution is 2.33. The van der Waals surface area contributed by atoms with Crippen molar-refractivity contribution >= 4 is 17.6 Å². The molecule has 0 aromatic carbocycles. The van der Waals surface area contributed by atoms with Crippen molar-refractivity contribution in [1.82, 2.24) is 4.98 Å². The number of hydrogen-bond donors (Lipinski definition) is 0. The maximum atomic E-state index is 12.5. The van der Waals surface area contributed by atoms with Gasteiger partial charge in [-0.15, -0.1) is 11.3 Å². The molecule has 2 nitrogen and oxygen atoms in total. The summed E-state index contributed by atoms with van der Waals surface area (Å²) < 4.78 is 37.4. The third-order valence-electron chi connectivity index (χ3n) is 2.09. The van der Waals surface area contributed by atoms with Gasteiger partial charge in [-0.25, -0.2) is 0 Å². The van der Waals surface area contributed by atoms with Crippen molar-refractivity contribution in [3.63, 3.8) is 0 Å². The predicted octanol–water partition coefficient (Wildman–Crippen LogP) is 3.64. The lowest BCUT2D eigenvalue weighted by Gasteiger charge is -2.06. The molecule has 2 heterocycles. The number of alkyl halides is 3. The Morgan fingerprint density at radius 1 is 1.24 bits per heavy atom. The van der Waals surface area contributed by atoms with Gasteiger partial charge in [-0.05, 0) is 18.2 Å². The summed E-state index contributed by atoms with van der Waals surface area (Å²) in [6, 6.07) is 4.19. The van der Waals surface area contributed by atoms with Crippen molar-refractivity contribution in [1.29, 1.82) is 0 Å². The van der Waals surface area contributed by atoms with Gasteiger partial charge in [0.1, 0.15) is 0 Å². The first kappa shape index (κ1) is 11.8. The highest BCUT2D eigenvalue weighted by atomic mass is 32.1. The van der Waals surface area contributed by atoms with Crippen LogP contribution in [-0.2, 0) is 6.18 Å². The molecular weight excluding hydrogens is 251 g/mol. The first-order valence-corrected chi connectivity index (χ1v) is 5.40. The monoisotopic (exact) mass is 257 g/mol. The molecule has 6 heteroatoms. The third-order valence-corrected chi connectivity index (χ3v) is 3.15. The van der Waals surface area contributed by atoms with Crippen LogP contribution in [0.5, 0.6) is 0 Å². The number of rotatable bonds is 2. The Morgan fingerprint density at radius 2 is 2.00 bits per heavy atom. The minimum Gasteiger partial charge on any atom is -0.297 e. The van der Waals surface area contributed by atoms with Crippen LogP contribution in [0, 0.1) is 0 Å². The van der Waals surface area contributed by atoms with Crippen molar-refractivity contribution in [2.24, 2.45) is 0 Å². The van der Waals surface area contributed by atoms with E-state index in [9.17, 15) is 18.0 Å². The third kappa shape index (κ3) is 2.52. The van der Waals surface area contributed by atoms with Gasteiger partial charge in [-0.3, -0.25) is 9.78 Å². The molecule has 0 saturated carbocycles. The molecule has 2 aromatic rings. The van der Waals surface area contributed by atoms with Gasteiger partial charge in [0.2, 0.25) is 0 Å². The molecule has 0 atom stereocenters. The Labute approximate surface area is 98.7 Å². The molecule has 2 aromatic heterocycles. The van der Waals surface area contributed by atoms with E-state index >= 15 is 0 Å². The fourth-order valence-corrected chi connectivity index (χ4v) is 2.10. The summed E-state index contributed by atoms with van der Waals surface area (Å²) in [6.45, 7) is 0. The fraction of sp³-hybridized carbons (Fsp3) is 0.0909. The molecule has 17 heavy (non-hydrogen) atoms. The lowest BCUT2D eigenvalue weighted by atomic mass is 10.2. The molecule has 0 aliphatic rings. The van der Waals surface area contributed by atoms with E-state index in [0.717, 1.165) is 23.6 Å². The number of carbonyl (C=O) groups excluding carboxylic acids is 1. The zero-order valence-corrected chi connectivity index (χ0v) is 9.18. The van der Waals surface area contributed by atoms with Crippen LogP contribution in [0.4, 0.5) is 13.2 Å². The fourth-order valence-electron chi connectivity index (χ4n) is 1.30. The van der Waals surface area contributed by atoms with Gasteiger partial charge in [0.15, 0.2) is 6.29 Å². The molecule has 0 bridgehead atoms. The summed E-state index contributed by atoms with van der Waals surface area (Å²) >= 11 is 1.13. The van der Waals surface area contributed by atoms with Crippen molar-refractivity contribution < 1.29 is 18.0 Å². The Hall–Kier alpha value is -1.69. The first-order chi connectivity index (χ1) is 8.00. The van der Waals surface area contributed by atoms with E-state index in [1.54, 1.807) is 12.1 Å². The number of pyridine rings is 1. The molecule has 0 saturated heterocycles. The lowest BCUT2D eigenvalue weighted by Crippen LogP contribution is -2.05. The van der Waals surface area contributed by atoms with Crippen molar-refractivity contribution in [2.75, 3.05) is 0 Å². The van der Waals surface area contributed by atoms with Crippen molar-refractivity contribution in [3.8, 4) is 10.4 Å². The zero-order chi connectivity index (χ0) is 12.5. The summed E-state index contributed by atoms with van der Waals surface area (Å²) in [4.78, 5) is 15.1. The van der Waals surface area contributed by atoms with Gasteiger partial charge < -0.3 is 0 Å². The maximum Gasteiger partial charge on any atom is 0.417 e. The van der Waals surface area contributed by atoms with Gasteiger partial charge in [-0.2, -0.15) is 13.2 Å². The summed E-state index contributed by atoms with van der Waals surface area (Å²) in [5.74, 6) is 0. The maximum absolute atomic E-state index is 12.5. The first-order valence-electron chi connectivity index (χ1n) is 4.58. The van der Waals surface area contributed by atoms with Crippen LogP contribution < -0.4 is 0 Å². The second-order valence-electron chi connectivity index (χ2n) is 3.28. The molecule has 2 rings (SSSR count). The largest absolute Gasteiger partial charge is 0.417 e. The molecule has 88 valence electrons. The molecule has 0 N–H and O–H groups in total. The van der Waals surface area contributed by atoms with E-state index in [1.165, 1.54) is 6.20 Å². The number of hydrogen-bond acceptors (Lipinski definition) is 3. The number of aldehydes is 1. The zero-order valence-electron chi connectivity index (χ0n) is 8.36. The van der Waals surface area contributed by atoms with Crippen LogP contribution in [0.3, 0.4) is 0 Å². The lowest BCUT2D eigenvalue weighted by molar-refractivity contribution is -0.137. The molecule has 0 radical (unpaired) electrons. The van der Waals surface area contributed by atoms with Crippen molar-refractivity contribution in [3.05, 3.63) is 41.0 Å². The topological polar surface area (TPSA) is 30.0 Å². The SMILES string of the molecule is O=Cc1ccc(-c2cncc(C(F)(F)F)c2)s1. The number of halogens is 3. The Balaban J connectivity index is 2.42. The second kappa shape index (κ2) is 4.29. The summed E-state index contributed by atoms with van der Waals surface area (Å²) in [6.07, 6.45) is -1.63. The number of carbonyl (C=O) groups is 1. The summed E-state index contributed by atoms with van der Waals surface area (Å²) in [5, 5.41) is 0. The van der Waals surface area contributed by atoms with Crippen LogP contribution in [0.1, 0.15) is 15.2 Å². The molecule has 0 unspecified atom stereocenters. The van der Waals surface area contributed by atoms with Crippen LogP contribution >= 0.6 is 11.3 Å². The molecule has 0 spiro atoms. The molecular formula is C11H6F3NOS. The van der Waals surface area contributed by atoms with E-state index < -0.39 is 11.7 Å². The number of aromatic nitrogens is 1.